The van der Waals surface area contributed by atoms with Gasteiger partial charge in [-0.1, -0.05) is 37.2 Å². The molecule has 1 saturated heterocycles. The van der Waals surface area contributed by atoms with E-state index in [0.717, 1.165) is 41.7 Å². The Hall–Kier alpha value is -0.620. The highest BCUT2D eigenvalue weighted by molar-refractivity contribution is 8.01. The monoisotopic (exact) mass is 309 g/mol. The van der Waals surface area contributed by atoms with E-state index in [1.54, 1.807) is 11.3 Å². The number of nitrogens with zero attached hydrogens (tertiary/aromatic N) is 1. The van der Waals surface area contributed by atoms with Gasteiger partial charge in [0.25, 0.3) is 0 Å². The van der Waals surface area contributed by atoms with Crippen LogP contribution in [0.1, 0.15) is 19.8 Å². The average molecular weight is 309 g/mol. The van der Waals surface area contributed by atoms with Crippen LogP contribution in [-0.2, 0) is 9.47 Å². The molecule has 0 radical (unpaired) electrons. The fourth-order valence-electron chi connectivity index (χ4n) is 2.18. The molecule has 2 heterocycles. The van der Waals surface area contributed by atoms with E-state index in [0.29, 0.717) is 5.92 Å². The van der Waals surface area contributed by atoms with Crippen molar-refractivity contribution in [3.63, 3.8) is 0 Å². The van der Waals surface area contributed by atoms with Gasteiger partial charge in [-0.05, 0) is 18.6 Å². The number of hydrogen-bond acceptors (Lipinski definition) is 5. The molecule has 0 amide bonds. The van der Waals surface area contributed by atoms with Crippen LogP contribution in [0.3, 0.4) is 0 Å². The number of para-hydroxylation sites is 1. The van der Waals surface area contributed by atoms with Crippen LogP contribution in [0.5, 0.6) is 0 Å². The van der Waals surface area contributed by atoms with Crippen molar-refractivity contribution in [3.05, 3.63) is 24.3 Å². The quantitative estimate of drug-likeness (QED) is 0.776. The van der Waals surface area contributed by atoms with Gasteiger partial charge in [-0.2, -0.15) is 0 Å². The minimum Gasteiger partial charge on any atom is -0.352 e. The predicted molar refractivity (Wildman–Crippen MR) is 84.4 cm³/mol. The predicted octanol–water partition coefficient (Wildman–Crippen LogP) is 4.18. The first kappa shape index (κ1) is 14.3. The molecule has 3 nitrogen and oxygen atoms in total. The lowest BCUT2D eigenvalue weighted by Crippen LogP contribution is -2.33. The highest BCUT2D eigenvalue weighted by Crippen LogP contribution is 2.31. The number of benzene rings is 1. The van der Waals surface area contributed by atoms with Gasteiger partial charge in [0.15, 0.2) is 10.6 Å². The third-order valence-electron chi connectivity index (χ3n) is 3.28. The normalized spacial score (nSPS) is 23.2. The van der Waals surface area contributed by atoms with E-state index < -0.39 is 0 Å². The summed E-state index contributed by atoms with van der Waals surface area (Å²) in [6, 6.07) is 8.29. The summed E-state index contributed by atoms with van der Waals surface area (Å²) in [5, 5.41) is 0. The van der Waals surface area contributed by atoms with Crippen molar-refractivity contribution >= 4 is 33.3 Å². The molecule has 108 valence electrons. The molecule has 0 bridgehead atoms. The van der Waals surface area contributed by atoms with Gasteiger partial charge in [-0.3, -0.25) is 0 Å². The number of fused-ring (bicyclic) bond motifs is 1. The van der Waals surface area contributed by atoms with Crippen LogP contribution in [0.15, 0.2) is 28.6 Å². The van der Waals surface area contributed by atoms with Gasteiger partial charge in [0.1, 0.15) is 0 Å². The molecular weight excluding hydrogens is 290 g/mol. The SMILES string of the molecule is CCCC1OCC(CSc2nc3ccccc3s2)CO1. The highest BCUT2D eigenvalue weighted by Gasteiger charge is 2.22. The molecule has 0 spiro atoms. The Morgan fingerprint density at radius 1 is 1.30 bits per heavy atom. The standard InChI is InChI=1S/C15H19NO2S2/c1-2-5-14-17-8-11(9-18-14)10-19-15-16-12-6-3-4-7-13(12)20-15/h3-4,6-7,11,14H,2,5,8-10H2,1H3. The number of thiazole rings is 1. The van der Waals surface area contributed by atoms with Crippen molar-refractivity contribution in [1.82, 2.24) is 4.98 Å². The van der Waals surface area contributed by atoms with Crippen LogP contribution in [0, 0.1) is 5.92 Å². The highest BCUT2D eigenvalue weighted by atomic mass is 32.2. The van der Waals surface area contributed by atoms with Gasteiger partial charge in [-0.15, -0.1) is 11.3 Å². The summed E-state index contributed by atoms with van der Waals surface area (Å²) in [5.74, 6) is 1.48. The topological polar surface area (TPSA) is 31.4 Å². The maximum absolute atomic E-state index is 5.73. The molecule has 0 saturated carbocycles. The van der Waals surface area contributed by atoms with Crippen LogP contribution in [-0.4, -0.2) is 30.2 Å². The van der Waals surface area contributed by atoms with Crippen LogP contribution >= 0.6 is 23.1 Å². The Morgan fingerprint density at radius 2 is 2.10 bits per heavy atom. The maximum Gasteiger partial charge on any atom is 0.157 e. The number of rotatable bonds is 5. The van der Waals surface area contributed by atoms with Gasteiger partial charge in [0.05, 0.1) is 23.4 Å². The van der Waals surface area contributed by atoms with Crippen LogP contribution in [0.4, 0.5) is 0 Å². The van der Waals surface area contributed by atoms with Gasteiger partial charge in [-0.25, -0.2) is 4.98 Å². The Bertz CT molecular complexity index is 517. The molecular formula is C15H19NO2S2. The van der Waals surface area contributed by atoms with Crippen molar-refractivity contribution < 1.29 is 9.47 Å². The first-order chi connectivity index (χ1) is 9.85. The zero-order valence-corrected chi connectivity index (χ0v) is 13.2. The number of hydrogen-bond donors (Lipinski definition) is 0. The van der Waals surface area contributed by atoms with Crippen molar-refractivity contribution in [3.8, 4) is 0 Å². The van der Waals surface area contributed by atoms with E-state index >= 15 is 0 Å². The van der Waals surface area contributed by atoms with E-state index in [2.05, 4.69) is 30.1 Å². The first-order valence-corrected chi connectivity index (χ1v) is 8.87. The molecule has 2 aromatic rings. The second kappa shape index (κ2) is 6.89. The number of aromatic nitrogens is 1. The van der Waals surface area contributed by atoms with Crippen molar-refractivity contribution in [2.75, 3.05) is 19.0 Å². The summed E-state index contributed by atoms with van der Waals surface area (Å²) in [4.78, 5) is 4.64. The van der Waals surface area contributed by atoms with Crippen molar-refractivity contribution in [2.45, 2.75) is 30.4 Å². The first-order valence-electron chi connectivity index (χ1n) is 7.06. The minimum absolute atomic E-state index is 0.0173. The van der Waals surface area contributed by atoms with Gasteiger partial charge < -0.3 is 9.47 Å². The zero-order valence-electron chi connectivity index (χ0n) is 11.6. The fourth-order valence-corrected chi connectivity index (χ4v) is 4.32. The minimum atomic E-state index is 0.0173. The van der Waals surface area contributed by atoms with Crippen molar-refractivity contribution in [2.24, 2.45) is 5.92 Å². The van der Waals surface area contributed by atoms with E-state index in [9.17, 15) is 0 Å². The Labute approximate surface area is 127 Å². The molecule has 1 aromatic heterocycles. The zero-order chi connectivity index (χ0) is 13.8. The lowest BCUT2D eigenvalue weighted by atomic mass is 10.2. The van der Waals surface area contributed by atoms with E-state index in [4.69, 9.17) is 9.47 Å². The lowest BCUT2D eigenvalue weighted by Gasteiger charge is -2.28. The Morgan fingerprint density at radius 3 is 2.85 bits per heavy atom. The van der Waals surface area contributed by atoms with E-state index in [1.807, 2.05) is 17.8 Å². The van der Waals surface area contributed by atoms with Gasteiger partial charge >= 0.3 is 0 Å². The van der Waals surface area contributed by atoms with E-state index in [1.165, 1.54) is 4.70 Å². The van der Waals surface area contributed by atoms with Gasteiger partial charge in [0.2, 0.25) is 0 Å². The van der Waals surface area contributed by atoms with Crippen LogP contribution in [0.25, 0.3) is 10.2 Å². The lowest BCUT2D eigenvalue weighted by molar-refractivity contribution is -0.199. The van der Waals surface area contributed by atoms with Gasteiger partial charge in [0, 0.05) is 11.7 Å². The van der Waals surface area contributed by atoms with Crippen LogP contribution in [0.2, 0.25) is 0 Å². The Balaban J connectivity index is 1.50. The summed E-state index contributed by atoms with van der Waals surface area (Å²) < 4.78 is 13.9. The molecule has 5 heteroatoms. The van der Waals surface area contributed by atoms with Crippen molar-refractivity contribution in [1.29, 1.82) is 0 Å². The third kappa shape index (κ3) is 3.52. The molecule has 1 aliphatic rings. The fraction of sp³-hybridized carbons (Fsp3) is 0.533. The number of ether oxygens (including phenoxy) is 2. The Kier molecular flexibility index (Phi) is 4.94. The molecule has 1 fully saturated rings. The summed E-state index contributed by atoms with van der Waals surface area (Å²) in [5.41, 5.74) is 1.10. The van der Waals surface area contributed by atoms with E-state index in [-0.39, 0.29) is 6.29 Å². The summed E-state index contributed by atoms with van der Waals surface area (Å²) in [7, 11) is 0. The second-order valence-corrected chi connectivity index (χ2v) is 7.31. The summed E-state index contributed by atoms with van der Waals surface area (Å²) in [6.07, 6.45) is 2.12. The molecule has 0 aliphatic carbocycles. The second-order valence-electron chi connectivity index (χ2n) is 5.01. The summed E-state index contributed by atoms with van der Waals surface area (Å²) in [6.45, 7) is 3.77. The smallest absolute Gasteiger partial charge is 0.157 e. The molecule has 0 atom stereocenters. The molecule has 20 heavy (non-hydrogen) atoms. The number of thioether (sulfide) groups is 1. The molecule has 1 aliphatic heterocycles. The average Bonchev–Trinajstić information content (AvgIpc) is 2.90. The summed E-state index contributed by atoms with van der Waals surface area (Å²) >= 11 is 3.58. The third-order valence-corrected chi connectivity index (χ3v) is 5.69. The molecule has 3 rings (SSSR count). The van der Waals surface area contributed by atoms with Crippen LogP contribution < -0.4 is 0 Å². The largest absolute Gasteiger partial charge is 0.352 e. The molecule has 0 N–H and O–H groups in total. The molecule has 0 unspecified atom stereocenters. The molecule has 1 aromatic carbocycles. The maximum atomic E-state index is 5.73.